The van der Waals surface area contributed by atoms with Gasteiger partial charge in [0.25, 0.3) is 0 Å². The summed E-state index contributed by atoms with van der Waals surface area (Å²) in [5, 5.41) is 9.43. The van der Waals surface area contributed by atoms with Gasteiger partial charge in [-0.3, -0.25) is 0 Å². The van der Waals surface area contributed by atoms with E-state index in [1.165, 1.54) is 6.08 Å². The third kappa shape index (κ3) is 3.40. The lowest BCUT2D eigenvalue weighted by Gasteiger charge is -2.30. The van der Waals surface area contributed by atoms with Gasteiger partial charge in [-0.1, -0.05) is 18.1 Å². The summed E-state index contributed by atoms with van der Waals surface area (Å²) in [7, 11) is 0. The molecule has 0 saturated carbocycles. The maximum atomic E-state index is 9.87. The van der Waals surface area contributed by atoms with Gasteiger partial charge in [-0.05, 0) is 12.5 Å². The fourth-order valence-corrected chi connectivity index (χ4v) is 2.76. The molecule has 2 fully saturated rings. The van der Waals surface area contributed by atoms with Crippen LogP contribution in [0.15, 0.2) is 24.8 Å². The number of allylic oxidation sites excluding steroid dienone is 1. The lowest BCUT2D eigenvalue weighted by molar-refractivity contribution is -0.144. The maximum Gasteiger partial charge on any atom is 0.0877 e. The van der Waals surface area contributed by atoms with Crippen molar-refractivity contribution in [2.75, 3.05) is 0 Å². The monoisotopic (exact) mass is 282 g/mol. The number of hydrogen-bond donors (Lipinski definition) is 1. The Hall–Kier alpha value is -0.790. The summed E-state index contributed by atoms with van der Waals surface area (Å²) in [6, 6.07) is 0. The Morgan fingerprint density at radius 3 is 2.68 bits per heavy atom. The minimum Gasteiger partial charge on any atom is -0.391 e. The molecule has 2 saturated heterocycles. The van der Waals surface area contributed by atoms with E-state index in [-0.39, 0.29) is 24.4 Å². The highest BCUT2D eigenvalue weighted by Crippen LogP contribution is 2.38. The number of aliphatic hydroxyl groups is 1. The zero-order valence-corrected chi connectivity index (χ0v) is 11.5. The average Bonchev–Trinajstić information content (AvgIpc) is 2.97. The predicted molar refractivity (Wildman–Crippen MR) is 75.0 cm³/mol. The molecule has 2 aliphatic heterocycles. The summed E-state index contributed by atoms with van der Waals surface area (Å²) in [5.41, 5.74) is 0. The molecule has 2 rings (SSSR count). The minimum absolute atomic E-state index is 0.0533. The van der Waals surface area contributed by atoms with Gasteiger partial charge in [-0.2, -0.15) is 0 Å². The van der Waals surface area contributed by atoms with Crippen LogP contribution >= 0.6 is 11.6 Å². The molecule has 2 aliphatic rings. The normalized spacial score (nSPS) is 36.3. The molecular formula is C15H19ClO3. The van der Waals surface area contributed by atoms with Gasteiger partial charge in [0, 0.05) is 12.8 Å². The Morgan fingerprint density at radius 1 is 1.42 bits per heavy atom. The van der Waals surface area contributed by atoms with E-state index in [0.717, 1.165) is 12.8 Å². The van der Waals surface area contributed by atoms with Crippen molar-refractivity contribution in [3.8, 4) is 12.3 Å². The Bertz CT molecular complexity index is 387. The van der Waals surface area contributed by atoms with E-state index in [4.69, 9.17) is 27.5 Å². The summed E-state index contributed by atoms with van der Waals surface area (Å²) in [4.78, 5) is 0. The van der Waals surface area contributed by atoms with Gasteiger partial charge >= 0.3 is 0 Å². The average molecular weight is 283 g/mol. The first kappa shape index (κ1) is 14.6. The predicted octanol–water partition coefficient (Wildman–Crippen LogP) is 2.04. The van der Waals surface area contributed by atoms with Crippen LogP contribution in [-0.2, 0) is 9.47 Å². The van der Waals surface area contributed by atoms with E-state index in [9.17, 15) is 5.11 Å². The molecular weight excluding hydrogens is 264 g/mol. The van der Waals surface area contributed by atoms with E-state index in [1.54, 1.807) is 6.08 Å². The number of alkyl halides is 1. The second-order valence-corrected chi connectivity index (χ2v) is 5.45. The summed E-state index contributed by atoms with van der Waals surface area (Å²) < 4.78 is 11.8. The van der Waals surface area contributed by atoms with Gasteiger partial charge in [0.2, 0.25) is 0 Å². The fraction of sp³-hybridized carbons (Fsp3) is 0.600. The van der Waals surface area contributed by atoms with Crippen molar-refractivity contribution in [3.05, 3.63) is 24.8 Å². The van der Waals surface area contributed by atoms with Crippen molar-refractivity contribution < 1.29 is 14.6 Å². The Balaban J connectivity index is 1.81. The Morgan fingerprint density at radius 2 is 2.11 bits per heavy atom. The summed E-state index contributed by atoms with van der Waals surface area (Å²) in [6.07, 6.45) is 11.9. The molecule has 19 heavy (non-hydrogen) atoms. The summed E-state index contributed by atoms with van der Waals surface area (Å²) in [5.74, 6) is 2.46. The number of ether oxygens (including phenoxy) is 2. The molecule has 0 amide bonds. The van der Waals surface area contributed by atoms with Crippen LogP contribution in [0.3, 0.4) is 0 Å². The first-order valence-electron chi connectivity index (χ1n) is 6.52. The van der Waals surface area contributed by atoms with Gasteiger partial charge in [0.05, 0.1) is 35.9 Å². The molecule has 3 nitrogen and oxygen atoms in total. The molecule has 104 valence electrons. The largest absolute Gasteiger partial charge is 0.391 e. The van der Waals surface area contributed by atoms with Crippen LogP contribution in [0.25, 0.3) is 0 Å². The van der Waals surface area contributed by atoms with Gasteiger partial charge in [0.1, 0.15) is 0 Å². The van der Waals surface area contributed by atoms with Crippen molar-refractivity contribution in [3.63, 3.8) is 0 Å². The second-order valence-electron chi connectivity index (χ2n) is 4.95. The molecule has 2 bridgehead atoms. The van der Waals surface area contributed by atoms with E-state index >= 15 is 0 Å². The lowest BCUT2D eigenvalue weighted by atomic mass is 10.0. The van der Waals surface area contributed by atoms with Crippen LogP contribution < -0.4 is 0 Å². The molecule has 1 N–H and O–H groups in total. The summed E-state index contributed by atoms with van der Waals surface area (Å²) in [6.45, 7) is 3.57. The number of fused-ring (bicyclic) bond motifs is 2. The van der Waals surface area contributed by atoms with Crippen LogP contribution in [0, 0.1) is 12.3 Å². The first-order valence-corrected chi connectivity index (χ1v) is 6.96. The highest BCUT2D eigenvalue weighted by molar-refractivity contribution is 6.22. The Kier molecular flexibility index (Phi) is 5.06. The highest BCUT2D eigenvalue weighted by Gasteiger charge is 2.48. The van der Waals surface area contributed by atoms with Crippen molar-refractivity contribution in [1.29, 1.82) is 0 Å². The van der Waals surface area contributed by atoms with Crippen molar-refractivity contribution in [1.82, 2.24) is 0 Å². The molecule has 0 aromatic carbocycles. The molecule has 4 heteroatoms. The summed E-state index contributed by atoms with van der Waals surface area (Å²) >= 11 is 5.92. The number of terminal acetylenes is 1. The van der Waals surface area contributed by atoms with Crippen LogP contribution in [-0.4, -0.2) is 41.0 Å². The van der Waals surface area contributed by atoms with E-state index < -0.39 is 11.5 Å². The van der Waals surface area contributed by atoms with E-state index in [0.29, 0.717) is 6.42 Å². The van der Waals surface area contributed by atoms with Crippen molar-refractivity contribution in [2.24, 2.45) is 0 Å². The zero-order valence-electron chi connectivity index (χ0n) is 10.7. The van der Waals surface area contributed by atoms with E-state index in [1.807, 2.05) is 6.08 Å². The van der Waals surface area contributed by atoms with E-state index in [2.05, 4.69) is 12.5 Å². The highest BCUT2D eigenvalue weighted by atomic mass is 35.5. The van der Waals surface area contributed by atoms with Gasteiger partial charge in [-0.15, -0.1) is 24.6 Å². The van der Waals surface area contributed by atoms with Crippen LogP contribution in [0.2, 0.25) is 0 Å². The third-order valence-electron chi connectivity index (χ3n) is 3.64. The third-order valence-corrected chi connectivity index (χ3v) is 4.11. The number of rotatable bonds is 6. The van der Waals surface area contributed by atoms with Crippen LogP contribution in [0.5, 0.6) is 0 Å². The molecule has 0 radical (unpaired) electrons. The maximum absolute atomic E-state index is 9.87. The first-order chi connectivity index (χ1) is 9.15. The van der Waals surface area contributed by atoms with Crippen molar-refractivity contribution >= 4 is 11.6 Å². The van der Waals surface area contributed by atoms with Crippen LogP contribution in [0.1, 0.15) is 19.3 Å². The zero-order chi connectivity index (χ0) is 13.8. The molecule has 0 spiro atoms. The second kappa shape index (κ2) is 6.58. The Labute approximate surface area is 119 Å². The quantitative estimate of drug-likeness (QED) is 0.460. The minimum atomic E-state index is -0.646. The number of aliphatic hydroxyl groups excluding tert-OH is 1. The molecule has 0 aromatic rings. The number of halogens is 1. The lowest BCUT2D eigenvalue weighted by Crippen LogP contribution is -2.38. The van der Waals surface area contributed by atoms with Gasteiger partial charge < -0.3 is 14.6 Å². The van der Waals surface area contributed by atoms with Crippen molar-refractivity contribution in [2.45, 2.75) is 55.2 Å². The molecule has 6 atom stereocenters. The van der Waals surface area contributed by atoms with Gasteiger partial charge in [-0.25, -0.2) is 0 Å². The molecule has 0 aliphatic carbocycles. The topological polar surface area (TPSA) is 38.7 Å². The van der Waals surface area contributed by atoms with Crippen LogP contribution in [0.4, 0.5) is 0 Å². The fourth-order valence-electron chi connectivity index (χ4n) is 2.65. The van der Waals surface area contributed by atoms with Gasteiger partial charge in [0.15, 0.2) is 0 Å². The number of hydrogen-bond acceptors (Lipinski definition) is 3. The standard InChI is InChI=1S/C15H19ClO3/c1-3-5-6-7-12-14-9-15(18-12)13(19-14)8-11(17)10(16)4-2/h1,4-6,10-15,17H,2,7-9H2/b6-5+/t10?,11?,12-,13+,14+,15+/m1/s1. The molecule has 2 unspecified atom stereocenters. The SMILES string of the molecule is C#C/C=C/C[C@H]1O[C@H]2C[C@@H]1O[C@H]2CC(O)C(Cl)C=C. The molecule has 2 heterocycles. The smallest absolute Gasteiger partial charge is 0.0877 e. The molecule has 0 aromatic heterocycles.